The van der Waals surface area contributed by atoms with Crippen molar-refractivity contribution >= 4 is 11.9 Å². The number of nitrogens with one attached hydrogen (secondary N) is 1. The van der Waals surface area contributed by atoms with Crippen molar-refractivity contribution < 1.29 is 19.1 Å². The van der Waals surface area contributed by atoms with Gasteiger partial charge in [-0.05, 0) is 18.6 Å². The minimum absolute atomic E-state index is 0.0984. The van der Waals surface area contributed by atoms with Crippen molar-refractivity contribution in [3.05, 3.63) is 24.5 Å². The average molecular weight is 266 g/mol. The van der Waals surface area contributed by atoms with Crippen LogP contribution in [0.3, 0.4) is 0 Å². The van der Waals surface area contributed by atoms with Crippen molar-refractivity contribution in [2.24, 2.45) is 0 Å². The van der Waals surface area contributed by atoms with E-state index >= 15 is 0 Å². The van der Waals surface area contributed by atoms with Gasteiger partial charge in [-0.3, -0.25) is 14.6 Å². The van der Waals surface area contributed by atoms with Crippen LogP contribution in [0.4, 0.5) is 0 Å². The molecule has 0 aliphatic carbocycles. The monoisotopic (exact) mass is 266 g/mol. The standard InChI is InChI=1S/C13H18N2O4/c1-18-13(17)6-8-15-12(16)5-3-9-19-11-4-2-7-14-10-11/h2,4,7,10H,3,5-6,8-9H2,1H3,(H,15,16). The van der Waals surface area contributed by atoms with Crippen LogP contribution in [0.2, 0.25) is 0 Å². The summed E-state index contributed by atoms with van der Waals surface area (Å²) in [6, 6.07) is 3.60. The highest BCUT2D eigenvalue weighted by Crippen LogP contribution is 2.06. The lowest BCUT2D eigenvalue weighted by atomic mass is 10.3. The minimum Gasteiger partial charge on any atom is -0.492 e. The van der Waals surface area contributed by atoms with E-state index in [1.165, 1.54) is 7.11 Å². The second-order valence-electron chi connectivity index (χ2n) is 3.82. The molecule has 0 fully saturated rings. The Bertz CT molecular complexity index is 395. The maximum atomic E-state index is 11.4. The zero-order chi connectivity index (χ0) is 13.9. The molecule has 0 aliphatic rings. The van der Waals surface area contributed by atoms with E-state index in [0.29, 0.717) is 31.7 Å². The highest BCUT2D eigenvalue weighted by Gasteiger charge is 2.03. The van der Waals surface area contributed by atoms with E-state index < -0.39 is 0 Å². The number of amides is 1. The fourth-order valence-electron chi connectivity index (χ4n) is 1.35. The van der Waals surface area contributed by atoms with Gasteiger partial charge in [-0.25, -0.2) is 0 Å². The molecule has 0 saturated carbocycles. The molecule has 0 saturated heterocycles. The van der Waals surface area contributed by atoms with Gasteiger partial charge < -0.3 is 14.8 Å². The molecule has 1 rings (SSSR count). The quantitative estimate of drug-likeness (QED) is 0.559. The van der Waals surface area contributed by atoms with Crippen LogP contribution in [0, 0.1) is 0 Å². The Labute approximate surface area is 112 Å². The van der Waals surface area contributed by atoms with Gasteiger partial charge in [0.1, 0.15) is 5.75 Å². The molecule has 6 nitrogen and oxygen atoms in total. The lowest BCUT2D eigenvalue weighted by molar-refractivity contribution is -0.140. The first kappa shape index (κ1) is 14.9. The van der Waals surface area contributed by atoms with E-state index in [1.54, 1.807) is 18.5 Å². The van der Waals surface area contributed by atoms with Gasteiger partial charge in [-0.15, -0.1) is 0 Å². The molecule has 0 aromatic carbocycles. The van der Waals surface area contributed by atoms with E-state index in [0.717, 1.165) is 0 Å². The van der Waals surface area contributed by atoms with Crippen molar-refractivity contribution in [2.45, 2.75) is 19.3 Å². The summed E-state index contributed by atoms with van der Waals surface area (Å²) in [6.07, 6.45) is 4.45. The minimum atomic E-state index is -0.333. The SMILES string of the molecule is COC(=O)CCNC(=O)CCCOc1cccnc1. The number of hydrogen-bond acceptors (Lipinski definition) is 5. The molecule has 6 heteroatoms. The third-order valence-corrected chi connectivity index (χ3v) is 2.33. The molecule has 0 radical (unpaired) electrons. The lowest BCUT2D eigenvalue weighted by Gasteiger charge is -2.06. The smallest absolute Gasteiger partial charge is 0.307 e. The zero-order valence-electron chi connectivity index (χ0n) is 10.9. The number of methoxy groups -OCH3 is 1. The Morgan fingerprint density at radius 3 is 2.89 bits per heavy atom. The first-order valence-corrected chi connectivity index (χ1v) is 6.08. The predicted octanol–water partition coefficient (Wildman–Crippen LogP) is 0.920. The fraction of sp³-hybridized carbons (Fsp3) is 0.462. The number of pyridine rings is 1. The molecule has 104 valence electrons. The molecule has 0 unspecified atom stereocenters. The third kappa shape index (κ3) is 7.03. The van der Waals surface area contributed by atoms with E-state index in [2.05, 4.69) is 15.0 Å². The second-order valence-corrected chi connectivity index (χ2v) is 3.82. The number of carbonyl (C=O) groups is 2. The number of ether oxygens (including phenoxy) is 2. The van der Waals surface area contributed by atoms with Crippen LogP contribution >= 0.6 is 0 Å². The van der Waals surface area contributed by atoms with Gasteiger partial charge >= 0.3 is 5.97 Å². The number of carbonyl (C=O) groups excluding carboxylic acids is 2. The molecule has 1 N–H and O–H groups in total. The molecule has 1 aromatic rings. The van der Waals surface area contributed by atoms with Gasteiger partial charge in [0.15, 0.2) is 0 Å². The van der Waals surface area contributed by atoms with E-state index in [9.17, 15) is 9.59 Å². The van der Waals surface area contributed by atoms with Gasteiger partial charge in [0.25, 0.3) is 0 Å². The summed E-state index contributed by atoms with van der Waals surface area (Å²) < 4.78 is 9.86. The molecule has 0 atom stereocenters. The largest absolute Gasteiger partial charge is 0.492 e. The fourth-order valence-corrected chi connectivity index (χ4v) is 1.35. The Morgan fingerprint density at radius 1 is 1.37 bits per heavy atom. The lowest BCUT2D eigenvalue weighted by Crippen LogP contribution is -2.26. The van der Waals surface area contributed by atoms with Crippen LogP contribution in [0.5, 0.6) is 5.75 Å². The Kier molecular flexibility index (Phi) is 7.01. The molecule has 1 aromatic heterocycles. The number of rotatable bonds is 8. The molecule has 0 bridgehead atoms. The van der Waals surface area contributed by atoms with E-state index in [1.807, 2.05) is 6.07 Å². The summed E-state index contributed by atoms with van der Waals surface area (Å²) >= 11 is 0. The highest BCUT2D eigenvalue weighted by molar-refractivity contribution is 5.76. The summed E-state index contributed by atoms with van der Waals surface area (Å²) in [4.78, 5) is 26.1. The summed E-state index contributed by atoms with van der Waals surface area (Å²) in [5.74, 6) is 0.257. The van der Waals surface area contributed by atoms with Gasteiger partial charge in [0.2, 0.25) is 5.91 Å². The van der Waals surface area contributed by atoms with E-state index in [-0.39, 0.29) is 18.3 Å². The molecule has 19 heavy (non-hydrogen) atoms. The molecule has 0 spiro atoms. The molecule has 1 amide bonds. The van der Waals surface area contributed by atoms with Gasteiger partial charge in [0.05, 0.1) is 26.3 Å². The van der Waals surface area contributed by atoms with Crippen LogP contribution in [0.1, 0.15) is 19.3 Å². The molecular weight excluding hydrogens is 248 g/mol. The highest BCUT2D eigenvalue weighted by atomic mass is 16.5. The van der Waals surface area contributed by atoms with Crippen LogP contribution < -0.4 is 10.1 Å². The molecular formula is C13H18N2O4. The van der Waals surface area contributed by atoms with Crippen molar-refractivity contribution in [1.29, 1.82) is 0 Å². The van der Waals surface area contributed by atoms with Gasteiger partial charge in [-0.2, -0.15) is 0 Å². The number of nitrogens with zero attached hydrogens (tertiary/aromatic N) is 1. The number of hydrogen-bond donors (Lipinski definition) is 1. The van der Waals surface area contributed by atoms with Gasteiger partial charge in [0, 0.05) is 19.2 Å². The second kappa shape index (κ2) is 8.91. The normalized spacial score (nSPS) is 9.74. The number of aromatic nitrogens is 1. The first-order valence-electron chi connectivity index (χ1n) is 6.08. The van der Waals surface area contributed by atoms with E-state index in [4.69, 9.17) is 4.74 Å². The summed E-state index contributed by atoms with van der Waals surface area (Å²) in [7, 11) is 1.32. The van der Waals surface area contributed by atoms with Crippen LogP contribution in [0.15, 0.2) is 24.5 Å². The predicted molar refractivity (Wildman–Crippen MR) is 68.6 cm³/mol. The van der Waals surface area contributed by atoms with Crippen LogP contribution in [-0.2, 0) is 14.3 Å². The van der Waals surface area contributed by atoms with Crippen LogP contribution in [0.25, 0.3) is 0 Å². The summed E-state index contributed by atoms with van der Waals surface area (Å²) in [6.45, 7) is 0.755. The maximum Gasteiger partial charge on any atom is 0.307 e. The van der Waals surface area contributed by atoms with Crippen molar-refractivity contribution in [3.8, 4) is 5.75 Å². The maximum absolute atomic E-state index is 11.4. The average Bonchev–Trinajstić information content (AvgIpc) is 2.44. The Morgan fingerprint density at radius 2 is 2.21 bits per heavy atom. The Hall–Kier alpha value is -2.11. The summed E-state index contributed by atoms with van der Waals surface area (Å²) in [5, 5.41) is 2.64. The molecule has 1 heterocycles. The first-order chi connectivity index (χ1) is 9.22. The van der Waals surface area contributed by atoms with Crippen molar-refractivity contribution in [2.75, 3.05) is 20.3 Å². The van der Waals surface area contributed by atoms with Gasteiger partial charge in [-0.1, -0.05) is 0 Å². The number of esters is 1. The zero-order valence-corrected chi connectivity index (χ0v) is 10.9. The topological polar surface area (TPSA) is 77.5 Å². The molecule has 0 aliphatic heterocycles. The van der Waals surface area contributed by atoms with Crippen LogP contribution in [-0.4, -0.2) is 37.1 Å². The Balaban J connectivity index is 2.03. The van der Waals surface area contributed by atoms with Crippen molar-refractivity contribution in [3.63, 3.8) is 0 Å². The van der Waals surface area contributed by atoms with Crippen molar-refractivity contribution in [1.82, 2.24) is 10.3 Å². The third-order valence-electron chi connectivity index (χ3n) is 2.33. The summed E-state index contributed by atoms with van der Waals surface area (Å²) in [5.41, 5.74) is 0.